The number of aliphatic imine (C=N–C) groups is 1. The van der Waals surface area contributed by atoms with Gasteiger partial charge in [-0.25, -0.2) is 0 Å². The van der Waals surface area contributed by atoms with Gasteiger partial charge in [-0.2, -0.15) is 0 Å². The first-order valence-corrected chi connectivity index (χ1v) is 9.37. The van der Waals surface area contributed by atoms with Gasteiger partial charge in [0.25, 0.3) is 5.91 Å². The van der Waals surface area contributed by atoms with Crippen LogP contribution in [0.2, 0.25) is 0 Å². The Kier molecular flexibility index (Phi) is 7.77. The van der Waals surface area contributed by atoms with Gasteiger partial charge < -0.3 is 16.0 Å². The lowest BCUT2D eigenvalue weighted by molar-refractivity contribution is 0.0954. The number of benzene rings is 1. The molecule has 0 spiro atoms. The number of hydrogen-bond donors (Lipinski definition) is 3. The molecule has 128 valence electrons. The average molecular weight is 409 g/mol. The third-order valence-electron chi connectivity index (χ3n) is 3.26. The second-order valence-electron chi connectivity index (χ2n) is 5.02. The lowest BCUT2D eigenvalue weighted by Gasteiger charge is -2.12. The van der Waals surface area contributed by atoms with Crippen LogP contribution in [0.15, 0.2) is 51.2 Å². The van der Waals surface area contributed by atoms with Crippen molar-refractivity contribution in [2.45, 2.75) is 6.42 Å². The van der Waals surface area contributed by atoms with Crippen LogP contribution >= 0.6 is 27.3 Å². The highest BCUT2D eigenvalue weighted by Gasteiger charge is 2.05. The Balaban J connectivity index is 1.64. The molecule has 0 aliphatic heterocycles. The number of guanidine groups is 1. The molecule has 0 aliphatic rings. The number of halogens is 1. The number of nitrogens with one attached hydrogen (secondary N) is 3. The van der Waals surface area contributed by atoms with Gasteiger partial charge in [0, 0.05) is 41.6 Å². The Morgan fingerprint density at radius 1 is 1.12 bits per heavy atom. The first-order chi connectivity index (χ1) is 11.7. The standard InChI is InChI=1S/C17H21BrN4OS/c1-19-17(21-8-7-15-6-3-11-24-15)22-10-9-20-16(23)13-4-2-5-14(18)12-13/h2-6,11-12H,7-10H2,1H3,(H,20,23)(H2,19,21,22). The lowest BCUT2D eigenvalue weighted by Crippen LogP contribution is -2.42. The van der Waals surface area contributed by atoms with Crippen molar-refractivity contribution in [2.75, 3.05) is 26.7 Å². The van der Waals surface area contributed by atoms with Crippen LogP contribution in [0.3, 0.4) is 0 Å². The fraction of sp³-hybridized carbons (Fsp3) is 0.294. The van der Waals surface area contributed by atoms with E-state index in [1.54, 1.807) is 30.5 Å². The summed E-state index contributed by atoms with van der Waals surface area (Å²) in [7, 11) is 1.74. The van der Waals surface area contributed by atoms with E-state index in [9.17, 15) is 4.79 Å². The quantitative estimate of drug-likeness (QED) is 0.374. The summed E-state index contributed by atoms with van der Waals surface area (Å²) in [4.78, 5) is 17.5. The Bertz CT molecular complexity index is 673. The maximum atomic E-state index is 12.0. The SMILES string of the molecule is CN=C(NCCNC(=O)c1cccc(Br)c1)NCCc1cccs1. The molecule has 0 unspecified atom stereocenters. The van der Waals surface area contributed by atoms with E-state index in [1.807, 2.05) is 12.1 Å². The molecule has 2 rings (SSSR count). The number of nitrogens with zero attached hydrogens (tertiary/aromatic N) is 1. The molecule has 0 bridgehead atoms. The van der Waals surface area contributed by atoms with Crippen molar-refractivity contribution >= 4 is 39.1 Å². The minimum atomic E-state index is -0.0845. The minimum Gasteiger partial charge on any atom is -0.356 e. The molecule has 0 saturated carbocycles. The molecular weight excluding hydrogens is 388 g/mol. The van der Waals surface area contributed by atoms with Gasteiger partial charge in [0.05, 0.1) is 0 Å². The predicted octanol–water partition coefficient (Wildman–Crippen LogP) is 2.65. The first kappa shape index (κ1) is 18.5. The van der Waals surface area contributed by atoms with Gasteiger partial charge in [-0.05, 0) is 36.1 Å². The van der Waals surface area contributed by atoms with E-state index >= 15 is 0 Å². The van der Waals surface area contributed by atoms with E-state index in [4.69, 9.17) is 0 Å². The van der Waals surface area contributed by atoms with E-state index in [2.05, 4.69) is 54.4 Å². The number of rotatable bonds is 7. The monoisotopic (exact) mass is 408 g/mol. The van der Waals surface area contributed by atoms with Crippen LogP contribution in [0.5, 0.6) is 0 Å². The van der Waals surface area contributed by atoms with Crippen molar-refractivity contribution < 1.29 is 4.79 Å². The summed E-state index contributed by atoms with van der Waals surface area (Å²) in [5.74, 6) is 0.655. The number of carbonyl (C=O) groups excluding carboxylic acids is 1. The summed E-state index contributed by atoms with van der Waals surface area (Å²) < 4.78 is 0.892. The van der Waals surface area contributed by atoms with Crippen LogP contribution in [0.25, 0.3) is 0 Å². The molecule has 1 heterocycles. The maximum Gasteiger partial charge on any atom is 0.251 e. The largest absolute Gasteiger partial charge is 0.356 e. The van der Waals surface area contributed by atoms with Crippen LogP contribution in [-0.4, -0.2) is 38.5 Å². The fourth-order valence-corrected chi connectivity index (χ4v) is 3.18. The summed E-state index contributed by atoms with van der Waals surface area (Å²) in [5, 5.41) is 11.4. The van der Waals surface area contributed by atoms with Crippen molar-refractivity contribution in [3.63, 3.8) is 0 Å². The smallest absolute Gasteiger partial charge is 0.251 e. The van der Waals surface area contributed by atoms with E-state index in [-0.39, 0.29) is 5.91 Å². The Labute approximate surface area is 154 Å². The lowest BCUT2D eigenvalue weighted by atomic mass is 10.2. The van der Waals surface area contributed by atoms with Crippen molar-refractivity contribution in [3.8, 4) is 0 Å². The highest BCUT2D eigenvalue weighted by molar-refractivity contribution is 9.10. The first-order valence-electron chi connectivity index (χ1n) is 7.69. The molecule has 5 nitrogen and oxygen atoms in total. The summed E-state index contributed by atoms with van der Waals surface area (Å²) in [6, 6.07) is 11.5. The Hall–Kier alpha value is -1.86. The van der Waals surface area contributed by atoms with Crippen molar-refractivity contribution in [1.29, 1.82) is 0 Å². The zero-order chi connectivity index (χ0) is 17.2. The van der Waals surface area contributed by atoms with Crippen LogP contribution in [0.1, 0.15) is 15.2 Å². The predicted molar refractivity (Wildman–Crippen MR) is 104 cm³/mol. The van der Waals surface area contributed by atoms with Gasteiger partial charge in [0.15, 0.2) is 5.96 Å². The van der Waals surface area contributed by atoms with Gasteiger partial charge in [-0.1, -0.05) is 28.1 Å². The number of carbonyl (C=O) groups is 1. The van der Waals surface area contributed by atoms with Gasteiger partial charge in [0.2, 0.25) is 0 Å². The van der Waals surface area contributed by atoms with Gasteiger partial charge in [-0.3, -0.25) is 9.79 Å². The second kappa shape index (κ2) is 10.1. The molecule has 0 radical (unpaired) electrons. The topological polar surface area (TPSA) is 65.5 Å². The molecule has 1 aromatic heterocycles. The summed E-state index contributed by atoms with van der Waals surface area (Å²) in [6.45, 7) is 1.96. The molecule has 0 aliphatic carbocycles. The Morgan fingerprint density at radius 2 is 1.92 bits per heavy atom. The van der Waals surface area contributed by atoms with Crippen LogP contribution in [-0.2, 0) is 6.42 Å². The van der Waals surface area contributed by atoms with Crippen LogP contribution in [0, 0.1) is 0 Å². The van der Waals surface area contributed by atoms with Crippen molar-refractivity contribution in [3.05, 3.63) is 56.7 Å². The zero-order valence-corrected chi connectivity index (χ0v) is 15.9. The maximum absolute atomic E-state index is 12.0. The average Bonchev–Trinajstić information content (AvgIpc) is 3.10. The van der Waals surface area contributed by atoms with Crippen LogP contribution < -0.4 is 16.0 Å². The molecule has 2 aromatic rings. The second-order valence-corrected chi connectivity index (χ2v) is 6.97. The van der Waals surface area contributed by atoms with Gasteiger partial charge in [0.1, 0.15) is 0 Å². The molecule has 1 aromatic carbocycles. The van der Waals surface area contributed by atoms with Crippen LogP contribution in [0.4, 0.5) is 0 Å². The van der Waals surface area contributed by atoms with E-state index in [0.29, 0.717) is 18.7 Å². The van der Waals surface area contributed by atoms with Crippen molar-refractivity contribution in [1.82, 2.24) is 16.0 Å². The zero-order valence-electron chi connectivity index (χ0n) is 13.5. The highest BCUT2D eigenvalue weighted by atomic mass is 79.9. The normalized spacial score (nSPS) is 11.2. The number of hydrogen-bond acceptors (Lipinski definition) is 3. The van der Waals surface area contributed by atoms with E-state index < -0.39 is 0 Å². The number of amides is 1. The summed E-state index contributed by atoms with van der Waals surface area (Å²) >= 11 is 5.12. The van der Waals surface area contributed by atoms with Gasteiger partial charge in [-0.15, -0.1) is 11.3 Å². The third-order valence-corrected chi connectivity index (χ3v) is 4.69. The summed E-state index contributed by atoms with van der Waals surface area (Å²) in [6.07, 6.45) is 0.970. The molecule has 0 saturated heterocycles. The molecule has 1 amide bonds. The molecule has 24 heavy (non-hydrogen) atoms. The third kappa shape index (κ3) is 6.33. The fourth-order valence-electron chi connectivity index (χ4n) is 2.07. The molecule has 0 fully saturated rings. The molecule has 3 N–H and O–H groups in total. The highest BCUT2D eigenvalue weighted by Crippen LogP contribution is 2.11. The molecular formula is C17H21BrN4OS. The summed E-state index contributed by atoms with van der Waals surface area (Å²) in [5.41, 5.74) is 0.642. The van der Waals surface area contributed by atoms with Gasteiger partial charge >= 0.3 is 0 Å². The minimum absolute atomic E-state index is 0.0845. The number of thiophene rings is 1. The van der Waals surface area contributed by atoms with E-state index in [0.717, 1.165) is 23.4 Å². The Morgan fingerprint density at radius 3 is 2.62 bits per heavy atom. The van der Waals surface area contributed by atoms with Crippen molar-refractivity contribution in [2.24, 2.45) is 4.99 Å². The van der Waals surface area contributed by atoms with E-state index in [1.165, 1.54) is 4.88 Å². The molecule has 0 atom stereocenters. The molecule has 7 heteroatoms.